The third-order valence-electron chi connectivity index (χ3n) is 6.07. The van der Waals surface area contributed by atoms with Crippen molar-refractivity contribution >= 4 is 17.8 Å². The normalized spacial score (nSPS) is 19.6. The van der Waals surface area contributed by atoms with Gasteiger partial charge in [0.2, 0.25) is 0 Å². The van der Waals surface area contributed by atoms with Gasteiger partial charge in [0.1, 0.15) is 5.82 Å². The number of halogens is 1. The summed E-state index contributed by atoms with van der Waals surface area (Å²) in [6.07, 6.45) is 6.77. The zero-order valence-electron chi connectivity index (χ0n) is 17.6. The fourth-order valence-corrected chi connectivity index (χ4v) is 4.16. The van der Waals surface area contributed by atoms with Crippen LogP contribution in [-0.2, 0) is 14.3 Å². The van der Waals surface area contributed by atoms with Crippen LogP contribution in [0.5, 0.6) is 0 Å². The Labute approximate surface area is 177 Å². The molecule has 1 saturated carbocycles. The number of hydrogen-bond acceptors (Lipinski definition) is 4. The molecule has 0 bridgehead atoms. The molecule has 7 heteroatoms. The molecular formula is C23H31FN2O4. The van der Waals surface area contributed by atoms with Crippen molar-refractivity contribution < 1.29 is 23.5 Å². The number of rotatable bonds is 5. The van der Waals surface area contributed by atoms with E-state index in [1.165, 1.54) is 37.1 Å². The van der Waals surface area contributed by atoms with Crippen molar-refractivity contribution in [2.75, 3.05) is 13.1 Å². The van der Waals surface area contributed by atoms with Crippen LogP contribution < -0.4 is 5.32 Å². The maximum absolute atomic E-state index is 13.0. The van der Waals surface area contributed by atoms with E-state index in [0.29, 0.717) is 31.5 Å². The number of benzene rings is 1. The van der Waals surface area contributed by atoms with Crippen molar-refractivity contribution in [3.8, 4) is 0 Å². The van der Waals surface area contributed by atoms with Crippen LogP contribution in [0.1, 0.15) is 68.6 Å². The van der Waals surface area contributed by atoms with Crippen LogP contribution in [-0.4, -0.2) is 47.9 Å². The second-order valence-corrected chi connectivity index (χ2v) is 8.35. The molecule has 0 spiro atoms. The molecule has 2 aliphatic rings. The van der Waals surface area contributed by atoms with E-state index in [9.17, 15) is 18.8 Å². The van der Waals surface area contributed by atoms with Gasteiger partial charge in [0.25, 0.3) is 11.8 Å². The molecule has 1 aliphatic heterocycles. The number of ether oxygens (including phenoxy) is 1. The molecule has 2 fully saturated rings. The van der Waals surface area contributed by atoms with Crippen LogP contribution in [0.4, 0.5) is 4.39 Å². The van der Waals surface area contributed by atoms with Gasteiger partial charge in [0.15, 0.2) is 6.10 Å². The highest BCUT2D eigenvalue weighted by Gasteiger charge is 2.31. The maximum Gasteiger partial charge on any atom is 0.309 e. The van der Waals surface area contributed by atoms with E-state index in [0.717, 1.165) is 25.7 Å². The lowest BCUT2D eigenvalue weighted by molar-refractivity contribution is -0.160. The Morgan fingerprint density at radius 2 is 1.60 bits per heavy atom. The number of hydrogen-bond donors (Lipinski definition) is 1. The first-order chi connectivity index (χ1) is 14.4. The van der Waals surface area contributed by atoms with Crippen LogP contribution in [0.3, 0.4) is 0 Å². The SMILES string of the molecule is C[C@@H](OC(=O)C1CCN(C(=O)c2ccc(F)cc2)CC1)C(=O)NC1CCCCCC1. The fourth-order valence-electron chi connectivity index (χ4n) is 4.16. The summed E-state index contributed by atoms with van der Waals surface area (Å²) >= 11 is 0. The number of carbonyl (C=O) groups is 3. The monoisotopic (exact) mass is 418 g/mol. The van der Waals surface area contributed by atoms with Gasteiger partial charge in [-0.3, -0.25) is 14.4 Å². The average Bonchev–Trinajstić information content (AvgIpc) is 3.02. The lowest BCUT2D eigenvalue weighted by Crippen LogP contribution is -2.44. The zero-order chi connectivity index (χ0) is 21.5. The van der Waals surface area contributed by atoms with E-state index in [1.54, 1.807) is 11.8 Å². The lowest BCUT2D eigenvalue weighted by atomic mass is 9.96. The number of nitrogens with zero attached hydrogens (tertiary/aromatic N) is 1. The highest BCUT2D eigenvalue weighted by atomic mass is 19.1. The summed E-state index contributed by atoms with van der Waals surface area (Å²) in [5.41, 5.74) is 0.432. The molecule has 2 amide bonds. The van der Waals surface area contributed by atoms with Gasteiger partial charge < -0.3 is 15.0 Å². The van der Waals surface area contributed by atoms with Gasteiger partial charge in [-0.2, -0.15) is 0 Å². The van der Waals surface area contributed by atoms with Crippen molar-refractivity contribution in [1.29, 1.82) is 0 Å². The zero-order valence-corrected chi connectivity index (χ0v) is 17.6. The van der Waals surface area contributed by atoms with Crippen molar-refractivity contribution in [2.45, 2.75) is 70.4 Å². The fraction of sp³-hybridized carbons (Fsp3) is 0.609. The van der Waals surface area contributed by atoms with Crippen LogP contribution in [0.15, 0.2) is 24.3 Å². The second-order valence-electron chi connectivity index (χ2n) is 8.35. The predicted octanol–water partition coefficient (Wildman–Crippen LogP) is 3.45. The number of nitrogens with one attached hydrogen (secondary N) is 1. The molecule has 1 atom stereocenters. The van der Waals surface area contributed by atoms with Crippen molar-refractivity contribution in [3.05, 3.63) is 35.6 Å². The van der Waals surface area contributed by atoms with Gasteiger partial charge in [-0.1, -0.05) is 25.7 Å². The molecule has 1 aromatic carbocycles. The molecule has 1 heterocycles. The quantitative estimate of drug-likeness (QED) is 0.587. The third kappa shape index (κ3) is 6.03. The van der Waals surface area contributed by atoms with E-state index in [1.807, 2.05) is 0 Å². The smallest absolute Gasteiger partial charge is 0.309 e. The molecule has 1 aliphatic carbocycles. The number of amides is 2. The Kier molecular flexibility index (Phi) is 7.82. The van der Waals surface area contributed by atoms with E-state index >= 15 is 0 Å². The molecule has 164 valence electrons. The molecular weight excluding hydrogens is 387 g/mol. The summed E-state index contributed by atoms with van der Waals surface area (Å²) in [6.45, 7) is 2.47. The molecule has 0 radical (unpaired) electrons. The standard InChI is InChI=1S/C23H31FN2O4/c1-16(21(27)25-20-6-4-2-3-5-7-20)30-23(29)18-12-14-26(15-13-18)22(28)17-8-10-19(24)11-9-17/h8-11,16,18,20H,2-7,12-15H2,1H3,(H,25,27)/t16-/m1/s1. The molecule has 6 nitrogen and oxygen atoms in total. The molecule has 30 heavy (non-hydrogen) atoms. The number of piperidine rings is 1. The summed E-state index contributed by atoms with van der Waals surface area (Å²) in [7, 11) is 0. The van der Waals surface area contributed by atoms with Crippen LogP contribution in [0.2, 0.25) is 0 Å². The number of likely N-dealkylation sites (tertiary alicyclic amines) is 1. The summed E-state index contributed by atoms with van der Waals surface area (Å²) in [5, 5.41) is 3.02. The Balaban J connectivity index is 1.43. The van der Waals surface area contributed by atoms with Gasteiger partial charge in [-0.25, -0.2) is 4.39 Å². The highest BCUT2D eigenvalue weighted by Crippen LogP contribution is 2.22. The third-order valence-corrected chi connectivity index (χ3v) is 6.07. The Morgan fingerprint density at radius 1 is 1.00 bits per heavy atom. The van der Waals surface area contributed by atoms with Crippen molar-refractivity contribution in [2.24, 2.45) is 5.92 Å². The first-order valence-electron chi connectivity index (χ1n) is 11.0. The van der Waals surface area contributed by atoms with E-state index < -0.39 is 6.10 Å². The Bertz CT molecular complexity index is 736. The van der Waals surface area contributed by atoms with Gasteiger partial charge >= 0.3 is 5.97 Å². The molecule has 1 saturated heterocycles. The molecule has 0 unspecified atom stereocenters. The predicted molar refractivity (Wildman–Crippen MR) is 110 cm³/mol. The largest absolute Gasteiger partial charge is 0.452 e. The van der Waals surface area contributed by atoms with Crippen molar-refractivity contribution in [1.82, 2.24) is 10.2 Å². The minimum Gasteiger partial charge on any atom is -0.452 e. The summed E-state index contributed by atoms with van der Waals surface area (Å²) < 4.78 is 18.5. The first-order valence-corrected chi connectivity index (χ1v) is 11.0. The summed E-state index contributed by atoms with van der Waals surface area (Å²) in [5.74, 6) is -1.50. The van der Waals surface area contributed by atoms with Crippen LogP contribution in [0, 0.1) is 11.7 Å². The van der Waals surface area contributed by atoms with E-state index in [-0.39, 0.29) is 35.6 Å². The number of esters is 1. The topological polar surface area (TPSA) is 75.7 Å². The summed E-state index contributed by atoms with van der Waals surface area (Å²) in [4.78, 5) is 39.1. The number of carbonyl (C=O) groups excluding carboxylic acids is 3. The highest BCUT2D eigenvalue weighted by molar-refractivity contribution is 5.94. The molecule has 0 aromatic heterocycles. The van der Waals surface area contributed by atoms with E-state index in [4.69, 9.17) is 4.74 Å². The molecule has 3 rings (SSSR count). The van der Waals surface area contributed by atoms with E-state index in [2.05, 4.69) is 5.32 Å². The second kappa shape index (κ2) is 10.5. The van der Waals surface area contributed by atoms with Gasteiger partial charge in [0.05, 0.1) is 5.92 Å². The average molecular weight is 419 g/mol. The van der Waals surface area contributed by atoms with Crippen molar-refractivity contribution in [3.63, 3.8) is 0 Å². The first kappa shape index (κ1) is 22.2. The molecule has 1 aromatic rings. The summed E-state index contributed by atoms with van der Waals surface area (Å²) in [6, 6.07) is 5.62. The van der Waals surface area contributed by atoms with Gasteiger partial charge in [-0.05, 0) is 56.9 Å². The minimum absolute atomic E-state index is 0.168. The molecule has 1 N–H and O–H groups in total. The van der Waals surface area contributed by atoms with Crippen LogP contribution >= 0.6 is 0 Å². The van der Waals surface area contributed by atoms with Crippen LogP contribution in [0.25, 0.3) is 0 Å². The lowest BCUT2D eigenvalue weighted by Gasteiger charge is -2.31. The Hall–Kier alpha value is -2.44. The van der Waals surface area contributed by atoms with Gasteiger partial charge in [0, 0.05) is 24.7 Å². The minimum atomic E-state index is -0.820. The van der Waals surface area contributed by atoms with Gasteiger partial charge in [-0.15, -0.1) is 0 Å². The maximum atomic E-state index is 13.0. The Morgan fingerprint density at radius 3 is 2.20 bits per heavy atom.